The van der Waals surface area contributed by atoms with E-state index in [1.165, 1.54) is 11.3 Å². The molecule has 1 amide bonds. The largest absolute Gasteiger partial charge is 0.444 e. The van der Waals surface area contributed by atoms with Crippen molar-refractivity contribution in [3.63, 3.8) is 0 Å². The van der Waals surface area contributed by atoms with E-state index in [0.717, 1.165) is 0 Å². The summed E-state index contributed by atoms with van der Waals surface area (Å²) >= 11 is 1.28. The van der Waals surface area contributed by atoms with Crippen LogP contribution in [0.2, 0.25) is 0 Å². The molecule has 0 radical (unpaired) electrons. The van der Waals surface area contributed by atoms with E-state index >= 15 is 0 Å². The Morgan fingerprint density at radius 3 is 2.67 bits per heavy atom. The maximum atomic E-state index is 11.5. The molecule has 1 aromatic rings. The number of thiazole rings is 1. The van der Waals surface area contributed by atoms with Crippen LogP contribution in [-0.4, -0.2) is 22.5 Å². The minimum absolute atomic E-state index is 0.129. The lowest BCUT2D eigenvalue weighted by atomic mass is 10.2. The molecule has 5 nitrogen and oxygen atoms in total. The second kappa shape index (κ2) is 5.95. The summed E-state index contributed by atoms with van der Waals surface area (Å²) < 4.78 is 5.10. The van der Waals surface area contributed by atoms with Gasteiger partial charge in [0.05, 0.1) is 5.69 Å². The summed E-state index contributed by atoms with van der Waals surface area (Å²) in [4.78, 5) is 26.9. The second-order valence-electron chi connectivity index (χ2n) is 4.84. The highest BCUT2D eigenvalue weighted by Crippen LogP contribution is 2.17. The monoisotopic (exact) mass is 270 g/mol. The zero-order chi connectivity index (χ0) is 13.8. The van der Waals surface area contributed by atoms with Gasteiger partial charge in [-0.3, -0.25) is 10.1 Å². The third kappa shape index (κ3) is 5.27. The van der Waals surface area contributed by atoms with E-state index in [1.807, 2.05) is 6.92 Å². The Morgan fingerprint density at radius 2 is 2.11 bits per heavy atom. The smallest absolute Gasteiger partial charge is 0.413 e. The number of ketones is 1. The molecule has 0 aliphatic rings. The molecular weight excluding hydrogens is 252 g/mol. The van der Waals surface area contributed by atoms with Crippen molar-refractivity contribution >= 4 is 28.3 Å². The van der Waals surface area contributed by atoms with Crippen molar-refractivity contribution < 1.29 is 14.3 Å². The molecule has 1 rings (SSSR count). The van der Waals surface area contributed by atoms with E-state index in [1.54, 1.807) is 26.2 Å². The average Bonchev–Trinajstić information content (AvgIpc) is 2.62. The Morgan fingerprint density at radius 1 is 1.44 bits per heavy atom. The molecule has 0 fully saturated rings. The Kier molecular flexibility index (Phi) is 4.84. The van der Waals surface area contributed by atoms with Gasteiger partial charge in [-0.15, -0.1) is 11.3 Å². The number of carbonyl (C=O) groups is 2. The SMILES string of the molecule is CCC(=O)Cc1csc(NC(=O)OC(C)(C)C)n1. The van der Waals surface area contributed by atoms with E-state index in [-0.39, 0.29) is 5.78 Å². The number of amides is 1. The number of nitrogens with zero attached hydrogens (tertiary/aromatic N) is 1. The molecule has 0 spiro atoms. The van der Waals surface area contributed by atoms with Crippen molar-refractivity contribution in [2.45, 2.75) is 46.1 Å². The van der Waals surface area contributed by atoms with Crippen molar-refractivity contribution in [2.24, 2.45) is 0 Å². The van der Waals surface area contributed by atoms with Crippen molar-refractivity contribution in [3.05, 3.63) is 11.1 Å². The molecule has 0 aliphatic carbocycles. The average molecular weight is 270 g/mol. The quantitative estimate of drug-likeness (QED) is 0.913. The van der Waals surface area contributed by atoms with Gasteiger partial charge in [0.25, 0.3) is 0 Å². The highest BCUT2D eigenvalue weighted by atomic mass is 32.1. The standard InChI is InChI=1S/C12H18N2O3S/c1-5-9(15)6-8-7-18-10(13-8)14-11(16)17-12(2,3)4/h7H,5-6H2,1-4H3,(H,13,14,16). The molecule has 6 heteroatoms. The number of Topliss-reactive ketones (excluding diaryl/α,β-unsaturated/α-hetero) is 1. The van der Waals surface area contributed by atoms with Gasteiger partial charge in [-0.05, 0) is 20.8 Å². The van der Waals surface area contributed by atoms with Crippen molar-refractivity contribution in [3.8, 4) is 0 Å². The topological polar surface area (TPSA) is 68.3 Å². The lowest BCUT2D eigenvalue weighted by molar-refractivity contribution is -0.118. The second-order valence-corrected chi connectivity index (χ2v) is 5.70. The maximum Gasteiger partial charge on any atom is 0.413 e. The van der Waals surface area contributed by atoms with E-state index in [2.05, 4.69) is 10.3 Å². The number of carbonyl (C=O) groups excluding carboxylic acids is 2. The summed E-state index contributed by atoms with van der Waals surface area (Å²) in [6.45, 7) is 7.19. The van der Waals surface area contributed by atoms with Crippen LogP contribution in [0.25, 0.3) is 0 Å². The number of hydrogen-bond acceptors (Lipinski definition) is 5. The molecule has 100 valence electrons. The minimum Gasteiger partial charge on any atom is -0.444 e. The molecule has 0 atom stereocenters. The van der Waals surface area contributed by atoms with Crippen LogP contribution in [0.5, 0.6) is 0 Å². The van der Waals surface area contributed by atoms with Crippen LogP contribution in [0.4, 0.5) is 9.93 Å². The lowest BCUT2D eigenvalue weighted by Gasteiger charge is -2.18. The van der Waals surface area contributed by atoms with Crippen LogP contribution in [0.3, 0.4) is 0 Å². The fourth-order valence-corrected chi connectivity index (χ4v) is 1.86. The lowest BCUT2D eigenvalue weighted by Crippen LogP contribution is -2.27. The zero-order valence-electron chi connectivity index (χ0n) is 11.1. The molecule has 0 aliphatic heterocycles. The molecule has 0 saturated heterocycles. The number of hydrogen-bond donors (Lipinski definition) is 1. The van der Waals surface area contributed by atoms with Gasteiger partial charge in [0.2, 0.25) is 0 Å². The summed E-state index contributed by atoms with van der Waals surface area (Å²) in [5.41, 5.74) is 0.139. The van der Waals surface area contributed by atoms with E-state index in [0.29, 0.717) is 23.7 Å². The van der Waals surface area contributed by atoms with Crippen molar-refractivity contribution in [1.29, 1.82) is 0 Å². The number of rotatable bonds is 4. The van der Waals surface area contributed by atoms with Gasteiger partial charge in [0.15, 0.2) is 5.13 Å². The summed E-state index contributed by atoms with van der Waals surface area (Å²) in [5, 5.41) is 4.76. The van der Waals surface area contributed by atoms with Gasteiger partial charge in [0.1, 0.15) is 11.4 Å². The number of ether oxygens (including phenoxy) is 1. The summed E-state index contributed by atoms with van der Waals surface area (Å²) in [6.07, 6.45) is 0.264. The van der Waals surface area contributed by atoms with Crippen LogP contribution < -0.4 is 5.32 Å². The Labute approximate surface area is 111 Å². The van der Waals surface area contributed by atoms with Gasteiger partial charge in [0, 0.05) is 18.2 Å². The Hall–Kier alpha value is -1.43. The molecule has 0 saturated carbocycles. The first-order valence-electron chi connectivity index (χ1n) is 5.76. The minimum atomic E-state index is -0.539. The van der Waals surface area contributed by atoms with Crippen molar-refractivity contribution in [1.82, 2.24) is 4.98 Å². The first kappa shape index (κ1) is 14.6. The molecule has 1 heterocycles. The van der Waals surface area contributed by atoms with Crippen LogP contribution in [0.15, 0.2) is 5.38 Å². The highest BCUT2D eigenvalue weighted by Gasteiger charge is 2.17. The summed E-state index contributed by atoms with van der Waals surface area (Å²) in [5.74, 6) is 0.129. The Balaban J connectivity index is 2.54. The van der Waals surface area contributed by atoms with Crippen molar-refractivity contribution in [2.75, 3.05) is 5.32 Å². The number of nitrogens with one attached hydrogen (secondary N) is 1. The molecule has 0 aromatic carbocycles. The third-order valence-electron chi connectivity index (χ3n) is 1.93. The summed E-state index contributed by atoms with van der Waals surface area (Å²) in [6, 6.07) is 0. The summed E-state index contributed by atoms with van der Waals surface area (Å²) in [7, 11) is 0. The first-order chi connectivity index (χ1) is 8.30. The molecular formula is C12H18N2O3S. The van der Waals surface area contributed by atoms with Gasteiger partial charge >= 0.3 is 6.09 Å². The van der Waals surface area contributed by atoms with E-state index < -0.39 is 11.7 Å². The third-order valence-corrected chi connectivity index (χ3v) is 2.74. The van der Waals surface area contributed by atoms with Crippen LogP contribution >= 0.6 is 11.3 Å². The molecule has 1 N–H and O–H groups in total. The molecule has 0 bridgehead atoms. The van der Waals surface area contributed by atoms with E-state index in [9.17, 15) is 9.59 Å². The van der Waals surface area contributed by atoms with E-state index in [4.69, 9.17) is 4.74 Å². The fourth-order valence-electron chi connectivity index (χ4n) is 1.16. The van der Waals surface area contributed by atoms with Crippen LogP contribution in [0.1, 0.15) is 39.8 Å². The molecule has 18 heavy (non-hydrogen) atoms. The number of anilines is 1. The van der Waals surface area contributed by atoms with Crippen LogP contribution in [0, 0.1) is 0 Å². The predicted molar refractivity (Wildman–Crippen MR) is 71.0 cm³/mol. The Bertz CT molecular complexity index is 435. The predicted octanol–water partition coefficient (Wildman–Crippen LogP) is 3.01. The van der Waals surface area contributed by atoms with Gasteiger partial charge in [-0.25, -0.2) is 9.78 Å². The molecule has 1 aromatic heterocycles. The first-order valence-corrected chi connectivity index (χ1v) is 6.64. The van der Waals surface area contributed by atoms with Gasteiger partial charge < -0.3 is 4.74 Å². The van der Waals surface area contributed by atoms with Gasteiger partial charge in [-0.1, -0.05) is 6.92 Å². The van der Waals surface area contributed by atoms with Gasteiger partial charge in [-0.2, -0.15) is 0 Å². The number of aromatic nitrogens is 1. The highest BCUT2D eigenvalue weighted by molar-refractivity contribution is 7.13. The fraction of sp³-hybridized carbons (Fsp3) is 0.583. The normalized spacial score (nSPS) is 11.1. The van der Waals surface area contributed by atoms with Crippen LogP contribution in [-0.2, 0) is 16.0 Å². The maximum absolute atomic E-state index is 11.5. The molecule has 0 unspecified atom stereocenters. The zero-order valence-corrected chi connectivity index (χ0v) is 11.9.